The van der Waals surface area contributed by atoms with Crippen molar-refractivity contribution in [1.82, 2.24) is 9.78 Å². The lowest BCUT2D eigenvalue weighted by Crippen LogP contribution is -2.29. The van der Waals surface area contributed by atoms with Gasteiger partial charge in [0.1, 0.15) is 11.5 Å². The van der Waals surface area contributed by atoms with E-state index in [1.54, 1.807) is 36.4 Å². The number of nitriles is 1. The minimum Gasteiger partial charge on any atom is -0.325 e. The van der Waals surface area contributed by atoms with Crippen molar-refractivity contribution in [3.63, 3.8) is 0 Å². The average molecular weight is 504 g/mol. The van der Waals surface area contributed by atoms with Crippen molar-refractivity contribution in [2.24, 2.45) is 5.92 Å². The Morgan fingerprint density at radius 2 is 1.73 bits per heavy atom. The second kappa shape index (κ2) is 9.02. The summed E-state index contributed by atoms with van der Waals surface area (Å²) in [6.07, 6.45) is -4.47. The van der Waals surface area contributed by atoms with Crippen molar-refractivity contribution in [1.29, 1.82) is 5.26 Å². The van der Waals surface area contributed by atoms with Crippen LogP contribution in [-0.2, 0) is 17.4 Å². The Morgan fingerprint density at radius 3 is 2.38 bits per heavy atom. The molecule has 3 aromatic carbocycles. The summed E-state index contributed by atoms with van der Waals surface area (Å²) in [5, 5.41) is 16.4. The summed E-state index contributed by atoms with van der Waals surface area (Å²) in [7, 11) is 0. The highest BCUT2D eigenvalue weighted by Gasteiger charge is 2.38. The van der Waals surface area contributed by atoms with Gasteiger partial charge in [0.25, 0.3) is 0 Å². The lowest BCUT2D eigenvalue weighted by molar-refractivity contribution is -0.137. The monoisotopic (exact) mass is 504 g/mol. The molecular weight excluding hydrogens is 488 g/mol. The second-order valence-corrected chi connectivity index (χ2v) is 8.39. The molecule has 0 aliphatic heterocycles. The third-order valence-corrected chi connectivity index (χ3v) is 6.04. The molecule has 1 heterocycles. The van der Waals surface area contributed by atoms with Crippen molar-refractivity contribution in [2.75, 3.05) is 5.32 Å². The van der Waals surface area contributed by atoms with Gasteiger partial charge in [0.05, 0.1) is 23.0 Å². The lowest BCUT2D eigenvalue weighted by Gasteiger charge is -2.11. The van der Waals surface area contributed by atoms with E-state index in [9.17, 15) is 32.4 Å². The van der Waals surface area contributed by atoms with E-state index in [-0.39, 0.29) is 23.4 Å². The van der Waals surface area contributed by atoms with Gasteiger partial charge in [0.15, 0.2) is 5.92 Å². The maximum Gasteiger partial charge on any atom is 0.416 e. The number of ketones is 1. The number of aromatic nitrogens is 2. The first kappa shape index (κ1) is 23.9. The van der Waals surface area contributed by atoms with Crippen LogP contribution in [0.3, 0.4) is 0 Å². The van der Waals surface area contributed by atoms with Crippen molar-refractivity contribution >= 4 is 17.4 Å². The van der Waals surface area contributed by atoms with Gasteiger partial charge in [0.2, 0.25) is 11.7 Å². The Kier molecular flexibility index (Phi) is 5.84. The van der Waals surface area contributed by atoms with Gasteiger partial charge in [0, 0.05) is 23.2 Å². The highest BCUT2D eigenvalue weighted by atomic mass is 19.4. The van der Waals surface area contributed by atoms with Gasteiger partial charge < -0.3 is 5.32 Å². The number of carbonyl (C=O) groups is 2. The fraction of sp³-hybridized carbons (Fsp3) is 0.111. The maximum absolute atomic E-state index is 13.5. The maximum atomic E-state index is 13.5. The third kappa shape index (κ3) is 4.36. The van der Waals surface area contributed by atoms with Crippen LogP contribution >= 0.6 is 0 Å². The molecule has 1 N–H and O–H groups in total. The fourth-order valence-corrected chi connectivity index (χ4v) is 4.29. The molecule has 1 aliphatic carbocycles. The van der Waals surface area contributed by atoms with E-state index in [4.69, 9.17) is 0 Å². The van der Waals surface area contributed by atoms with E-state index in [1.807, 2.05) is 0 Å². The summed E-state index contributed by atoms with van der Waals surface area (Å²) in [6, 6.07) is 18.3. The Hall–Kier alpha value is -4.78. The largest absolute Gasteiger partial charge is 0.416 e. The molecule has 1 aromatic heterocycles. The van der Waals surface area contributed by atoms with Crippen LogP contribution < -0.4 is 5.32 Å². The first-order chi connectivity index (χ1) is 17.7. The molecule has 184 valence electrons. The number of amides is 1. The van der Waals surface area contributed by atoms with Gasteiger partial charge in [-0.15, -0.1) is 0 Å². The summed E-state index contributed by atoms with van der Waals surface area (Å²) in [5.74, 6) is -4.14. The zero-order chi connectivity index (χ0) is 26.3. The highest BCUT2D eigenvalue weighted by Crippen LogP contribution is 2.43. The van der Waals surface area contributed by atoms with Gasteiger partial charge in [-0.3, -0.25) is 9.59 Å². The second-order valence-electron chi connectivity index (χ2n) is 8.39. The first-order valence-electron chi connectivity index (χ1n) is 11.1. The molecule has 0 fully saturated rings. The van der Waals surface area contributed by atoms with Crippen LogP contribution in [0.15, 0.2) is 72.8 Å². The normalized spacial score (nSPS) is 12.8. The number of fused-ring (bicyclic) bond motifs is 3. The molecule has 10 heteroatoms. The molecule has 37 heavy (non-hydrogen) atoms. The summed E-state index contributed by atoms with van der Waals surface area (Å²) in [6.45, 7) is 0. The number of benzene rings is 3. The summed E-state index contributed by atoms with van der Waals surface area (Å²) in [4.78, 5) is 26.2. The molecule has 1 atom stereocenters. The number of halogens is 4. The van der Waals surface area contributed by atoms with Crippen molar-refractivity contribution in [3.05, 3.63) is 101 Å². The number of alkyl halides is 3. The number of hydrogen-bond donors (Lipinski definition) is 1. The highest BCUT2D eigenvalue weighted by molar-refractivity contribution is 6.16. The van der Waals surface area contributed by atoms with E-state index in [0.717, 1.165) is 24.3 Å². The SMILES string of the molecule is N#CC(C(=O)Nc1ccc(F)cc1)C(=O)c1nn(-c2ccccc2)c2c1Cc1ccc(C(F)(F)F)cc1-2. The Bertz CT molecular complexity index is 1570. The van der Waals surface area contributed by atoms with E-state index in [1.165, 1.54) is 22.9 Å². The molecule has 1 aliphatic rings. The molecule has 0 bridgehead atoms. The Labute approximate surface area is 207 Å². The van der Waals surface area contributed by atoms with Crippen LogP contribution in [0.5, 0.6) is 0 Å². The van der Waals surface area contributed by atoms with Crippen LogP contribution in [0.2, 0.25) is 0 Å². The van der Waals surface area contributed by atoms with Gasteiger partial charge in [-0.25, -0.2) is 9.07 Å². The standard InChI is InChI=1S/C27H16F4N4O2/c28-17-8-10-18(11-9-17)33-26(37)22(14-32)25(36)23-21-12-15-6-7-16(27(29,30)31)13-20(15)24(21)35(34-23)19-4-2-1-3-5-19/h1-11,13,22H,12H2,(H,33,37). The summed E-state index contributed by atoms with van der Waals surface area (Å²) >= 11 is 0. The third-order valence-electron chi connectivity index (χ3n) is 6.04. The quantitative estimate of drug-likeness (QED) is 0.193. The van der Waals surface area contributed by atoms with Gasteiger partial charge in [-0.05, 0) is 54.1 Å². The number of anilines is 1. The molecule has 0 saturated heterocycles. The zero-order valence-corrected chi connectivity index (χ0v) is 18.9. The number of carbonyl (C=O) groups excluding carboxylic acids is 2. The molecule has 1 amide bonds. The predicted octanol–water partition coefficient (Wildman–Crippen LogP) is 5.56. The Balaban J connectivity index is 1.58. The minimum atomic E-state index is -4.57. The lowest BCUT2D eigenvalue weighted by atomic mass is 9.98. The molecule has 5 rings (SSSR count). The number of Topliss-reactive ketones (excluding diaryl/α,β-unsaturated/α-hetero) is 1. The summed E-state index contributed by atoms with van der Waals surface area (Å²) < 4.78 is 54.9. The number of hydrogen-bond acceptors (Lipinski definition) is 4. The predicted molar refractivity (Wildman–Crippen MR) is 125 cm³/mol. The molecule has 1 unspecified atom stereocenters. The first-order valence-corrected chi connectivity index (χ1v) is 11.1. The molecule has 0 saturated carbocycles. The topological polar surface area (TPSA) is 87.8 Å². The van der Waals surface area contributed by atoms with Gasteiger partial charge >= 0.3 is 6.18 Å². The molecule has 4 aromatic rings. The van der Waals surface area contributed by atoms with Crippen LogP contribution in [0.25, 0.3) is 16.9 Å². The molecule has 6 nitrogen and oxygen atoms in total. The van der Waals surface area contributed by atoms with Crippen molar-refractivity contribution < 1.29 is 27.2 Å². The van der Waals surface area contributed by atoms with Crippen LogP contribution in [0.4, 0.5) is 23.2 Å². The van der Waals surface area contributed by atoms with E-state index in [2.05, 4.69) is 10.4 Å². The zero-order valence-electron chi connectivity index (χ0n) is 18.9. The number of nitrogens with one attached hydrogen (secondary N) is 1. The van der Waals surface area contributed by atoms with Gasteiger partial charge in [-0.1, -0.05) is 24.3 Å². The van der Waals surface area contributed by atoms with Crippen LogP contribution in [0.1, 0.15) is 27.2 Å². The minimum absolute atomic E-state index is 0.106. The number of nitrogens with zero attached hydrogens (tertiary/aromatic N) is 3. The van der Waals surface area contributed by atoms with E-state index in [0.29, 0.717) is 22.5 Å². The fourth-order valence-electron chi connectivity index (χ4n) is 4.29. The van der Waals surface area contributed by atoms with Crippen molar-refractivity contribution in [3.8, 4) is 23.0 Å². The van der Waals surface area contributed by atoms with Gasteiger partial charge in [-0.2, -0.15) is 23.5 Å². The Morgan fingerprint density at radius 1 is 1.03 bits per heavy atom. The number of rotatable bonds is 5. The number of para-hydroxylation sites is 1. The molecule has 0 spiro atoms. The molecule has 0 radical (unpaired) electrons. The van der Waals surface area contributed by atoms with Crippen LogP contribution in [0, 0.1) is 23.1 Å². The smallest absolute Gasteiger partial charge is 0.325 e. The molecular formula is C27H16F4N4O2. The average Bonchev–Trinajstić information content (AvgIpc) is 3.43. The van der Waals surface area contributed by atoms with Crippen LogP contribution in [-0.4, -0.2) is 21.5 Å². The van der Waals surface area contributed by atoms with E-state index < -0.39 is 35.2 Å². The summed E-state index contributed by atoms with van der Waals surface area (Å²) in [5.41, 5.74) is 1.11. The van der Waals surface area contributed by atoms with E-state index >= 15 is 0 Å². The van der Waals surface area contributed by atoms with Crippen molar-refractivity contribution in [2.45, 2.75) is 12.6 Å².